The van der Waals surface area contributed by atoms with Gasteiger partial charge in [-0.15, -0.1) is 0 Å². The molecule has 4 nitrogen and oxygen atoms in total. The molecule has 0 aromatic heterocycles. The van der Waals surface area contributed by atoms with Crippen LogP contribution in [0.1, 0.15) is 74.1 Å². The molecule has 11 heteroatoms. The number of alkyl halides is 6. The van der Waals surface area contributed by atoms with Gasteiger partial charge in [0.15, 0.2) is 0 Å². The number of nitroso groups, excluding NO2 is 1. The Balaban J connectivity index is 0.000000245. The molecule has 37 heavy (non-hydrogen) atoms. The molecule has 0 bridgehead atoms. The van der Waals surface area contributed by atoms with Gasteiger partial charge in [-0.25, -0.2) is 4.39 Å². The van der Waals surface area contributed by atoms with Crippen molar-refractivity contribution in [3.63, 3.8) is 0 Å². The molecular formula is C26H29F7N2O2. The maximum Gasteiger partial charge on any atom is 0.416 e. The molecule has 2 aliphatic rings. The molecule has 0 radical (unpaired) electrons. The largest absolute Gasteiger partial charge is 0.416 e. The van der Waals surface area contributed by atoms with Crippen LogP contribution in [0.5, 0.6) is 0 Å². The lowest BCUT2D eigenvalue weighted by Gasteiger charge is -2.25. The van der Waals surface area contributed by atoms with E-state index in [0.29, 0.717) is 36.4 Å². The van der Waals surface area contributed by atoms with Crippen LogP contribution in [0, 0.1) is 16.6 Å². The molecule has 1 amide bonds. The molecule has 1 saturated heterocycles. The molecule has 2 fully saturated rings. The van der Waals surface area contributed by atoms with E-state index in [1.54, 1.807) is 0 Å². The Labute approximate surface area is 210 Å². The van der Waals surface area contributed by atoms with Gasteiger partial charge in [0.05, 0.1) is 11.1 Å². The van der Waals surface area contributed by atoms with Gasteiger partial charge in [0.25, 0.3) is 0 Å². The minimum Gasteiger partial charge on any atom is -0.353 e. The zero-order valence-electron chi connectivity index (χ0n) is 20.4. The van der Waals surface area contributed by atoms with Crippen LogP contribution < -0.4 is 5.32 Å². The van der Waals surface area contributed by atoms with E-state index in [4.69, 9.17) is 0 Å². The Morgan fingerprint density at radius 1 is 0.892 bits per heavy atom. The molecule has 0 spiro atoms. The Morgan fingerprint density at radius 2 is 1.46 bits per heavy atom. The minimum absolute atomic E-state index is 0.00565. The quantitative estimate of drug-likeness (QED) is 0.319. The molecule has 1 aliphatic carbocycles. The van der Waals surface area contributed by atoms with Crippen molar-refractivity contribution >= 4 is 5.91 Å². The van der Waals surface area contributed by atoms with Crippen LogP contribution in [0.3, 0.4) is 0 Å². The second kappa shape index (κ2) is 13.0. The predicted molar refractivity (Wildman–Crippen MR) is 125 cm³/mol. The molecule has 1 heterocycles. The van der Waals surface area contributed by atoms with E-state index in [0.717, 1.165) is 12.8 Å². The summed E-state index contributed by atoms with van der Waals surface area (Å²) in [4.78, 5) is 21.2. The van der Waals surface area contributed by atoms with Crippen molar-refractivity contribution in [2.75, 3.05) is 0 Å². The Morgan fingerprint density at radius 3 is 1.92 bits per heavy atom. The molecule has 4 rings (SSSR count). The highest BCUT2D eigenvalue weighted by molar-refractivity contribution is 5.78. The summed E-state index contributed by atoms with van der Waals surface area (Å²) in [6.45, 7) is 3.26. The first-order valence-corrected chi connectivity index (χ1v) is 12.0. The highest BCUT2D eigenvalue weighted by Gasteiger charge is 2.38. The molecule has 204 valence electrons. The van der Waals surface area contributed by atoms with Gasteiger partial charge in [0, 0.05) is 12.5 Å². The van der Waals surface area contributed by atoms with Crippen LogP contribution in [-0.2, 0) is 23.7 Å². The van der Waals surface area contributed by atoms with Crippen molar-refractivity contribution in [1.82, 2.24) is 5.32 Å². The summed E-state index contributed by atoms with van der Waals surface area (Å²) >= 11 is 0. The van der Waals surface area contributed by atoms with E-state index in [9.17, 15) is 40.4 Å². The van der Waals surface area contributed by atoms with E-state index in [1.165, 1.54) is 30.5 Å². The Bertz CT molecular complexity index is 1000. The average Bonchev–Trinajstić information content (AvgIpc) is 3.49. The van der Waals surface area contributed by atoms with Gasteiger partial charge in [-0.3, -0.25) is 4.79 Å². The number of carbonyl (C=O) groups is 1. The fourth-order valence-corrected chi connectivity index (χ4v) is 4.74. The van der Waals surface area contributed by atoms with Gasteiger partial charge in [-0.1, -0.05) is 37.6 Å². The molecule has 1 aliphatic heterocycles. The van der Waals surface area contributed by atoms with Crippen LogP contribution in [0.25, 0.3) is 0 Å². The van der Waals surface area contributed by atoms with Crippen molar-refractivity contribution in [3.8, 4) is 0 Å². The van der Waals surface area contributed by atoms with Crippen molar-refractivity contribution in [3.05, 3.63) is 75.4 Å². The second-order valence-corrected chi connectivity index (χ2v) is 8.67. The molecule has 2 aromatic carbocycles. The van der Waals surface area contributed by atoms with Gasteiger partial charge in [-0.05, 0) is 72.6 Å². The summed E-state index contributed by atoms with van der Waals surface area (Å²) in [5, 5.41) is 5.36. The van der Waals surface area contributed by atoms with E-state index < -0.39 is 35.6 Å². The fraction of sp³-hybridized carbons (Fsp3) is 0.500. The maximum atomic E-state index is 13.0. The first-order chi connectivity index (χ1) is 17.4. The number of carbonyl (C=O) groups excluding carboxylic acids is 1. The number of benzene rings is 2. The lowest BCUT2D eigenvalue weighted by molar-refractivity contribution is -0.143. The summed E-state index contributed by atoms with van der Waals surface area (Å²) in [5.74, 6) is 1.02. The third-order valence-corrected chi connectivity index (χ3v) is 6.31. The van der Waals surface area contributed by atoms with Crippen LogP contribution in [0.2, 0.25) is 0 Å². The van der Waals surface area contributed by atoms with Crippen LogP contribution in [0.15, 0.2) is 47.6 Å². The van der Waals surface area contributed by atoms with Gasteiger partial charge in [0.2, 0.25) is 5.91 Å². The van der Waals surface area contributed by atoms with Gasteiger partial charge < -0.3 is 5.32 Å². The smallest absolute Gasteiger partial charge is 0.353 e. The number of hydrogen-bond acceptors (Lipinski definition) is 3. The third kappa shape index (κ3) is 8.53. The van der Waals surface area contributed by atoms with Crippen molar-refractivity contribution in [2.24, 2.45) is 11.1 Å². The third-order valence-electron chi connectivity index (χ3n) is 6.31. The molecule has 3 unspecified atom stereocenters. The minimum atomic E-state index is -4.90. The lowest BCUT2D eigenvalue weighted by atomic mass is 9.83. The summed E-state index contributed by atoms with van der Waals surface area (Å²) in [7, 11) is 0. The molecule has 3 atom stereocenters. The fourth-order valence-electron chi connectivity index (χ4n) is 4.74. The molecular weight excluding hydrogens is 505 g/mol. The van der Waals surface area contributed by atoms with E-state index in [1.807, 2.05) is 26.0 Å². The summed E-state index contributed by atoms with van der Waals surface area (Å²) < 4.78 is 86.8. The number of halogens is 7. The molecule has 2 aromatic rings. The van der Waals surface area contributed by atoms with Crippen molar-refractivity contribution in [2.45, 2.75) is 76.8 Å². The number of amides is 1. The van der Waals surface area contributed by atoms with E-state index >= 15 is 0 Å². The van der Waals surface area contributed by atoms with Crippen molar-refractivity contribution < 1.29 is 35.5 Å². The number of rotatable bonds is 4. The summed E-state index contributed by atoms with van der Waals surface area (Å²) in [6, 6.07) is 8.14. The monoisotopic (exact) mass is 534 g/mol. The zero-order valence-corrected chi connectivity index (χ0v) is 20.4. The predicted octanol–water partition coefficient (Wildman–Crippen LogP) is 8.00. The topological polar surface area (TPSA) is 58.5 Å². The number of nitrogens with one attached hydrogen (secondary N) is 1. The Hall–Kier alpha value is -2.98. The number of nitrogens with zero attached hydrogens (tertiary/aromatic N) is 1. The van der Waals surface area contributed by atoms with E-state index in [-0.39, 0.29) is 17.8 Å². The van der Waals surface area contributed by atoms with Gasteiger partial charge in [-0.2, -0.15) is 31.2 Å². The van der Waals surface area contributed by atoms with Crippen molar-refractivity contribution in [1.29, 1.82) is 0 Å². The summed E-state index contributed by atoms with van der Waals surface area (Å²) in [5.41, 5.74) is -2.11. The lowest BCUT2D eigenvalue weighted by Crippen LogP contribution is -2.34. The normalized spacial score (nSPS) is 21.3. The highest BCUT2D eigenvalue weighted by atomic mass is 19.4. The van der Waals surface area contributed by atoms with E-state index in [2.05, 4.69) is 10.5 Å². The zero-order chi connectivity index (χ0) is 27.8. The molecule has 1 N–H and O–H groups in total. The SMILES string of the molecule is CC.O=C1CCC(C2CCCC2c2ccc(F)cc2)N1.O=NCc1cc(C(F)(F)F)cc(C(F)(F)F)c1. The van der Waals surface area contributed by atoms with Gasteiger partial charge >= 0.3 is 12.4 Å². The van der Waals surface area contributed by atoms with Crippen LogP contribution >= 0.6 is 0 Å². The van der Waals surface area contributed by atoms with Crippen LogP contribution in [-0.4, -0.2) is 11.9 Å². The maximum absolute atomic E-state index is 13.0. The van der Waals surface area contributed by atoms with Gasteiger partial charge in [0.1, 0.15) is 12.4 Å². The standard InChI is InChI=1S/C15H18FNO.C9H5F6NO.C2H6/c16-11-6-4-10(5-7-11)12-2-1-3-13(12)14-8-9-15(18)17-14;10-8(11,12)6-1-5(4-16-17)2-7(3-6)9(13,14)15;1-2/h4-7,12-14H,1-3,8-9H2,(H,17,18);1-3H,4H2;1-2H3. The average molecular weight is 535 g/mol. The molecule has 1 saturated carbocycles. The second-order valence-electron chi connectivity index (χ2n) is 8.67. The Kier molecular flexibility index (Phi) is 10.6. The van der Waals surface area contributed by atoms with Crippen LogP contribution in [0.4, 0.5) is 30.7 Å². The highest BCUT2D eigenvalue weighted by Crippen LogP contribution is 2.43. The number of hydrogen-bond donors (Lipinski definition) is 1. The first kappa shape index (κ1) is 30.2. The first-order valence-electron chi connectivity index (χ1n) is 12.0. The summed E-state index contributed by atoms with van der Waals surface area (Å²) in [6.07, 6.45) is -4.65.